The Morgan fingerprint density at radius 3 is 2.70 bits per heavy atom. The van der Waals surface area contributed by atoms with Gasteiger partial charge in [-0.1, -0.05) is 17.7 Å². The third kappa shape index (κ3) is 5.45. The van der Waals surface area contributed by atoms with Gasteiger partial charge in [-0.2, -0.15) is 0 Å². The van der Waals surface area contributed by atoms with E-state index < -0.39 is 0 Å². The topological polar surface area (TPSA) is 83.0 Å². The molecule has 30 heavy (non-hydrogen) atoms. The van der Waals surface area contributed by atoms with Crippen LogP contribution in [0, 0.1) is 6.92 Å². The molecule has 2 N–H and O–H groups in total. The molecule has 0 radical (unpaired) electrons. The molecule has 1 aromatic carbocycles. The number of hydrogen-bond acceptors (Lipinski definition) is 6. The fourth-order valence-electron chi connectivity index (χ4n) is 3.01. The summed E-state index contributed by atoms with van der Waals surface area (Å²) in [5, 5.41) is 6.79. The summed E-state index contributed by atoms with van der Waals surface area (Å²) in [4.78, 5) is 26.5. The number of carbonyl (C=O) groups excluding carboxylic acids is 1. The lowest BCUT2D eigenvalue weighted by Gasteiger charge is -2.18. The summed E-state index contributed by atoms with van der Waals surface area (Å²) in [6, 6.07) is 11.4. The van der Waals surface area contributed by atoms with E-state index in [0.29, 0.717) is 24.1 Å². The molecule has 2 heterocycles. The largest absolute Gasteiger partial charge is 0.370 e. The Kier molecular flexibility index (Phi) is 7.19. The molecule has 0 aliphatic carbocycles. The van der Waals surface area contributed by atoms with E-state index in [1.165, 1.54) is 6.92 Å². The van der Waals surface area contributed by atoms with E-state index in [0.717, 1.165) is 34.7 Å². The van der Waals surface area contributed by atoms with E-state index in [4.69, 9.17) is 16.6 Å². The number of benzene rings is 1. The SMILES string of the molecule is CC(=O)NCCCNc1nccc(-c2ccnc(N(C)c3cccc(Cl)c3)n2)c1C. The smallest absolute Gasteiger partial charge is 0.230 e. The highest BCUT2D eigenvalue weighted by Gasteiger charge is 2.12. The summed E-state index contributed by atoms with van der Waals surface area (Å²) in [7, 11) is 1.91. The summed E-state index contributed by atoms with van der Waals surface area (Å²) >= 11 is 6.12. The zero-order valence-corrected chi connectivity index (χ0v) is 18.1. The minimum absolute atomic E-state index is 0.0198. The van der Waals surface area contributed by atoms with Crippen LogP contribution in [-0.4, -0.2) is 41.0 Å². The van der Waals surface area contributed by atoms with Crippen molar-refractivity contribution in [2.24, 2.45) is 0 Å². The summed E-state index contributed by atoms with van der Waals surface area (Å²) in [6.45, 7) is 4.87. The van der Waals surface area contributed by atoms with Gasteiger partial charge < -0.3 is 15.5 Å². The Hall–Kier alpha value is -3.19. The predicted octanol–water partition coefficient (Wildman–Crippen LogP) is 4.21. The number of anilines is 3. The lowest BCUT2D eigenvalue weighted by Crippen LogP contribution is -2.22. The molecule has 1 amide bonds. The second-order valence-corrected chi connectivity index (χ2v) is 7.31. The van der Waals surface area contributed by atoms with Crippen LogP contribution in [0.15, 0.2) is 48.8 Å². The molecular formula is C22H25ClN6O. The molecule has 2 aromatic heterocycles. The number of nitrogens with one attached hydrogen (secondary N) is 2. The molecule has 0 bridgehead atoms. The van der Waals surface area contributed by atoms with Gasteiger partial charge in [0.15, 0.2) is 0 Å². The zero-order valence-electron chi connectivity index (χ0n) is 17.3. The zero-order chi connectivity index (χ0) is 21.5. The molecule has 7 nitrogen and oxygen atoms in total. The first-order valence-electron chi connectivity index (χ1n) is 9.72. The summed E-state index contributed by atoms with van der Waals surface area (Å²) in [5.74, 6) is 1.36. The van der Waals surface area contributed by atoms with Gasteiger partial charge in [-0.15, -0.1) is 0 Å². The lowest BCUT2D eigenvalue weighted by atomic mass is 10.1. The van der Waals surface area contributed by atoms with Crippen molar-refractivity contribution in [2.75, 3.05) is 30.4 Å². The van der Waals surface area contributed by atoms with Crippen LogP contribution in [0.4, 0.5) is 17.5 Å². The molecule has 3 rings (SSSR count). The quantitative estimate of drug-likeness (QED) is 0.527. The highest BCUT2D eigenvalue weighted by atomic mass is 35.5. The predicted molar refractivity (Wildman–Crippen MR) is 121 cm³/mol. The van der Waals surface area contributed by atoms with E-state index in [2.05, 4.69) is 20.6 Å². The second-order valence-electron chi connectivity index (χ2n) is 6.88. The molecule has 0 saturated carbocycles. The normalized spacial score (nSPS) is 10.5. The van der Waals surface area contributed by atoms with Crippen LogP contribution in [0.2, 0.25) is 5.02 Å². The number of aromatic nitrogens is 3. The maximum atomic E-state index is 10.9. The molecule has 0 saturated heterocycles. The average molecular weight is 425 g/mol. The van der Waals surface area contributed by atoms with Crippen molar-refractivity contribution in [3.05, 3.63) is 59.4 Å². The van der Waals surface area contributed by atoms with Crippen LogP contribution in [0.3, 0.4) is 0 Å². The Balaban J connectivity index is 1.77. The first kappa shape index (κ1) is 21.5. The molecular weight excluding hydrogens is 400 g/mol. The number of halogens is 1. The Labute approximate surface area is 181 Å². The van der Waals surface area contributed by atoms with E-state index in [9.17, 15) is 4.79 Å². The van der Waals surface area contributed by atoms with Crippen molar-refractivity contribution in [2.45, 2.75) is 20.3 Å². The van der Waals surface area contributed by atoms with Crippen LogP contribution in [-0.2, 0) is 4.79 Å². The summed E-state index contributed by atoms with van der Waals surface area (Å²) in [5.41, 5.74) is 3.72. The Morgan fingerprint density at radius 2 is 1.93 bits per heavy atom. The van der Waals surface area contributed by atoms with Crippen molar-refractivity contribution < 1.29 is 4.79 Å². The summed E-state index contributed by atoms with van der Waals surface area (Å²) in [6.07, 6.45) is 4.33. The van der Waals surface area contributed by atoms with E-state index in [-0.39, 0.29) is 5.91 Å². The number of nitrogens with zero attached hydrogens (tertiary/aromatic N) is 4. The fourth-order valence-corrected chi connectivity index (χ4v) is 3.20. The molecule has 0 fully saturated rings. The van der Waals surface area contributed by atoms with Gasteiger partial charge >= 0.3 is 0 Å². The standard InChI is InChI=1S/C22H25ClN6O/c1-15-19(8-12-26-21(15)25-11-5-10-24-16(2)30)20-9-13-27-22(28-20)29(3)18-7-4-6-17(23)14-18/h4,6-9,12-14H,5,10-11H2,1-3H3,(H,24,30)(H,25,26). The molecule has 0 spiro atoms. The Morgan fingerprint density at radius 1 is 1.13 bits per heavy atom. The maximum absolute atomic E-state index is 10.9. The van der Waals surface area contributed by atoms with E-state index in [1.807, 2.05) is 55.3 Å². The maximum Gasteiger partial charge on any atom is 0.230 e. The Bertz CT molecular complexity index is 1030. The van der Waals surface area contributed by atoms with Crippen LogP contribution < -0.4 is 15.5 Å². The molecule has 0 unspecified atom stereocenters. The molecule has 0 atom stereocenters. The van der Waals surface area contributed by atoms with E-state index in [1.54, 1.807) is 12.4 Å². The molecule has 3 aromatic rings. The lowest BCUT2D eigenvalue weighted by molar-refractivity contribution is -0.118. The minimum Gasteiger partial charge on any atom is -0.370 e. The number of carbonyl (C=O) groups is 1. The highest BCUT2D eigenvalue weighted by molar-refractivity contribution is 6.30. The van der Waals surface area contributed by atoms with Gasteiger partial charge in [-0.05, 0) is 43.7 Å². The number of pyridine rings is 1. The molecule has 156 valence electrons. The summed E-state index contributed by atoms with van der Waals surface area (Å²) < 4.78 is 0. The van der Waals surface area contributed by atoms with Crippen molar-refractivity contribution in [3.63, 3.8) is 0 Å². The fraction of sp³-hybridized carbons (Fsp3) is 0.273. The molecule has 0 aliphatic rings. The van der Waals surface area contributed by atoms with Crippen molar-refractivity contribution in [3.8, 4) is 11.3 Å². The van der Waals surface area contributed by atoms with Crippen LogP contribution in [0.25, 0.3) is 11.3 Å². The van der Waals surface area contributed by atoms with Gasteiger partial charge in [0.1, 0.15) is 5.82 Å². The van der Waals surface area contributed by atoms with Gasteiger partial charge in [-0.3, -0.25) is 4.79 Å². The van der Waals surface area contributed by atoms with Gasteiger partial charge in [0, 0.05) is 61.3 Å². The third-order valence-electron chi connectivity index (χ3n) is 4.64. The monoisotopic (exact) mass is 424 g/mol. The van der Waals surface area contributed by atoms with Crippen LogP contribution in [0.5, 0.6) is 0 Å². The number of amides is 1. The van der Waals surface area contributed by atoms with Gasteiger partial charge in [0.2, 0.25) is 11.9 Å². The van der Waals surface area contributed by atoms with Gasteiger partial charge in [0.25, 0.3) is 0 Å². The minimum atomic E-state index is -0.0198. The number of rotatable bonds is 8. The number of hydrogen-bond donors (Lipinski definition) is 2. The first-order chi connectivity index (χ1) is 14.5. The first-order valence-corrected chi connectivity index (χ1v) is 10.1. The second kappa shape index (κ2) is 10.0. The van der Waals surface area contributed by atoms with Crippen molar-refractivity contribution in [1.82, 2.24) is 20.3 Å². The van der Waals surface area contributed by atoms with Crippen molar-refractivity contribution >= 4 is 35.0 Å². The highest BCUT2D eigenvalue weighted by Crippen LogP contribution is 2.28. The average Bonchev–Trinajstić information content (AvgIpc) is 2.74. The van der Waals surface area contributed by atoms with Gasteiger partial charge in [-0.25, -0.2) is 15.0 Å². The molecule has 8 heteroatoms. The van der Waals surface area contributed by atoms with Crippen molar-refractivity contribution in [1.29, 1.82) is 0 Å². The van der Waals surface area contributed by atoms with E-state index >= 15 is 0 Å². The van der Waals surface area contributed by atoms with Crippen LogP contribution >= 0.6 is 11.6 Å². The van der Waals surface area contributed by atoms with Gasteiger partial charge in [0.05, 0.1) is 5.69 Å². The third-order valence-corrected chi connectivity index (χ3v) is 4.87. The molecule has 0 aliphatic heterocycles. The van der Waals surface area contributed by atoms with Crippen LogP contribution in [0.1, 0.15) is 18.9 Å².